The molecule has 3 heterocycles. The number of carbonyl (C=O) groups excluding carboxylic acids is 1. The number of carboxylic acids is 1. The molecule has 2 N–H and O–H groups in total. The molecule has 0 spiro atoms. The van der Waals surface area contributed by atoms with E-state index in [9.17, 15) is 14.7 Å². The first kappa shape index (κ1) is 25.2. The van der Waals surface area contributed by atoms with Crippen molar-refractivity contribution in [2.75, 3.05) is 43.2 Å². The molecule has 8 rings (SSSR count). The van der Waals surface area contributed by atoms with Crippen molar-refractivity contribution >= 4 is 39.7 Å². The van der Waals surface area contributed by atoms with Gasteiger partial charge in [-0.3, -0.25) is 9.69 Å². The number of ketones is 1. The van der Waals surface area contributed by atoms with Crippen LogP contribution in [0.4, 0.5) is 17.1 Å². The first-order chi connectivity index (χ1) is 20.5. The Hall–Kier alpha value is -4.57. The van der Waals surface area contributed by atoms with Crippen molar-refractivity contribution in [3.8, 4) is 22.8 Å². The van der Waals surface area contributed by atoms with Gasteiger partial charge >= 0.3 is 5.97 Å². The highest BCUT2D eigenvalue weighted by Gasteiger charge is 2.36. The van der Waals surface area contributed by atoms with Gasteiger partial charge in [0.15, 0.2) is 23.0 Å². The van der Waals surface area contributed by atoms with E-state index in [4.69, 9.17) is 14.0 Å². The third kappa shape index (κ3) is 4.00. The molecule has 1 aromatic heterocycles. The van der Waals surface area contributed by atoms with Crippen LogP contribution in [0.5, 0.6) is 11.5 Å². The summed E-state index contributed by atoms with van der Waals surface area (Å²) < 4.78 is 17.2. The highest BCUT2D eigenvalue weighted by atomic mass is 16.7. The van der Waals surface area contributed by atoms with E-state index in [0.717, 1.165) is 31.9 Å². The van der Waals surface area contributed by atoms with Gasteiger partial charge in [-0.15, -0.1) is 0 Å². The zero-order valence-corrected chi connectivity index (χ0v) is 23.0. The zero-order chi connectivity index (χ0) is 28.4. The van der Waals surface area contributed by atoms with Crippen molar-refractivity contribution < 1.29 is 28.7 Å². The molecule has 2 aliphatic heterocycles. The monoisotopic (exact) mass is 566 g/mol. The molecule has 1 saturated carbocycles. The third-order valence-corrected chi connectivity index (χ3v) is 9.12. The number of anilines is 3. The molecule has 3 aromatic carbocycles. The molecule has 42 heavy (non-hydrogen) atoms. The van der Waals surface area contributed by atoms with Crippen LogP contribution in [-0.2, 0) is 0 Å². The van der Waals surface area contributed by atoms with Gasteiger partial charge in [0.2, 0.25) is 6.79 Å². The van der Waals surface area contributed by atoms with Crippen LogP contribution in [0.1, 0.15) is 58.4 Å². The summed E-state index contributed by atoms with van der Waals surface area (Å²) in [5.41, 5.74) is 4.62. The van der Waals surface area contributed by atoms with E-state index in [1.165, 1.54) is 32.1 Å². The standard InChI is InChI=1S/C32H30N4O6/c37-30-21-14-25-26(41-17-40-25)15-22(21)31-28-27(30)23(33-19-8-6-18(7-9-19)32(38)39)16-24(29(28)34-42-31)36-12-10-35(11-13-36)20-4-2-1-3-5-20/h6-9,14-16,20,33H,1-5,10-13,17H2,(H,38,39). The van der Waals surface area contributed by atoms with Gasteiger partial charge in [0.05, 0.1) is 27.9 Å². The number of fused-ring (bicyclic) bond motifs is 3. The number of carboxylic acid groups (broad SMARTS) is 1. The van der Waals surface area contributed by atoms with Gasteiger partial charge in [-0.25, -0.2) is 4.79 Å². The van der Waals surface area contributed by atoms with Crippen LogP contribution < -0.4 is 19.7 Å². The highest BCUT2D eigenvalue weighted by molar-refractivity contribution is 6.29. The molecule has 0 atom stereocenters. The van der Waals surface area contributed by atoms with Crippen molar-refractivity contribution in [2.24, 2.45) is 0 Å². The molecule has 4 aliphatic rings. The number of aromatic nitrogens is 1. The van der Waals surface area contributed by atoms with E-state index in [1.807, 2.05) is 6.07 Å². The molecule has 0 bridgehead atoms. The maximum atomic E-state index is 14.1. The Labute approximate surface area is 241 Å². The van der Waals surface area contributed by atoms with E-state index >= 15 is 0 Å². The van der Waals surface area contributed by atoms with Crippen molar-refractivity contribution in [3.63, 3.8) is 0 Å². The average Bonchev–Trinajstić information content (AvgIpc) is 3.67. The number of hydrogen-bond donors (Lipinski definition) is 2. The van der Waals surface area contributed by atoms with Gasteiger partial charge in [-0.2, -0.15) is 0 Å². The molecule has 1 saturated heterocycles. The summed E-state index contributed by atoms with van der Waals surface area (Å²) in [6.45, 7) is 3.75. The molecule has 2 aliphatic carbocycles. The minimum absolute atomic E-state index is 0.0985. The molecule has 214 valence electrons. The average molecular weight is 567 g/mol. The van der Waals surface area contributed by atoms with Crippen LogP contribution in [0.15, 0.2) is 47.0 Å². The molecule has 10 nitrogen and oxygen atoms in total. The SMILES string of the molecule is O=C(O)c1ccc(Nc2cc(N3CCN(C4CCCCC4)CC3)c3noc4c3c2C(=O)c2cc3c(cc2-4)OCO3)cc1. The van der Waals surface area contributed by atoms with E-state index < -0.39 is 5.97 Å². The first-order valence-electron chi connectivity index (χ1n) is 14.6. The minimum Gasteiger partial charge on any atom is -0.478 e. The molecular weight excluding hydrogens is 536 g/mol. The summed E-state index contributed by atoms with van der Waals surface area (Å²) in [5.74, 6) is 0.462. The fourth-order valence-corrected chi connectivity index (χ4v) is 6.95. The lowest BCUT2D eigenvalue weighted by molar-refractivity contribution is 0.0696. The number of benzene rings is 3. The summed E-state index contributed by atoms with van der Waals surface area (Å²) in [6.07, 6.45) is 6.52. The number of rotatable bonds is 5. The van der Waals surface area contributed by atoms with Gasteiger partial charge in [0.25, 0.3) is 0 Å². The first-order valence-corrected chi connectivity index (χ1v) is 14.6. The largest absolute Gasteiger partial charge is 0.478 e. The summed E-state index contributed by atoms with van der Waals surface area (Å²) >= 11 is 0. The topological polar surface area (TPSA) is 117 Å². The van der Waals surface area contributed by atoms with Gasteiger partial charge < -0.3 is 29.3 Å². The van der Waals surface area contributed by atoms with Crippen LogP contribution in [0, 0.1) is 0 Å². The Morgan fingerprint density at radius 2 is 1.64 bits per heavy atom. The van der Waals surface area contributed by atoms with E-state index in [-0.39, 0.29) is 18.1 Å². The number of hydrogen-bond acceptors (Lipinski definition) is 9. The number of ether oxygens (including phenoxy) is 2. The summed E-state index contributed by atoms with van der Waals surface area (Å²) in [5, 5.41) is 18.0. The molecule has 10 heteroatoms. The Morgan fingerprint density at radius 3 is 2.36 bits per heavy atom. The number of piperazine rings is 1. The van der Waals surface area contributed by atoms with Crippen molar-refractivity contribution in [1.29, 1.82) is 0 Å². The molecule has 2 fully saturated rings. The fourth-order valence-electron chi connectivity index (χ4n) is 6.95. The van der Waals surface area contributed by atoms with Crippen LogP contribution in [0.25, 0.3) is 22.2 Å². The zero-order valence-electron chi connectivity index (χ0n) is 23.0. The Kier molecular flexibility index (Phi) is 5.85. The lowest BCUT2D eigenvalue weighted by Crippen LogP contribution is -2.51. The summed E-state index contributed by atoms with van der Waals surface area (Å²) in [6, 6.07) is 12.7. The Bertz CT molecular complexity index is 1730. The van der Waals surface area contributed by atoms with Gasteiger partial charge in [0, 0.05) is 49.0 Å². The predicted octanol–water partition coefficient (Wildman–Crippen LogP) is 5.66. The molecule has 0 unspecified atom stereocenters. The smallest absolute Gasteiger partial charge is 0.335 e. The van der Waals surface area contributed by atoms with Crippen LogP contribution in [0.3, 0.4) is 0 Å². The van der Waals surface area contributed by atoms with Gasteiger partial charge in [-0.1, -0.05) is 24.4 Å². The second-order valence-corrected chi connectivity index (χ2v) is 11.5. The third-order valence-electron chi connectivity index (χ3n) is 9.12. The lowest BCUT2D eigenvalue weighted by atomic mass is 9.85. The predicted molar refractivity (Wildman–Crippen MR) is 156 cm³/mol. The summed E-state index contributed by atoms with van der Waals surface area (Å²) in [4.78, 5) is 30.5. The highest BCUT2D eigenvalue weighted by Crippen LogP contribution is 2.49. The lowest BCUT2D eigenvalue weighted by Gasteiger charge is -2.41. The number of carbonyl (C=O) groups is 2. The number of nitrogens with zero attached hydrogens (tertiary/aromatic N) is 3. The fraction of sp³-hybridized carbons (Fsp3) is 0.344. The maximum Gasteiger partial charge on any atom is 0.335 e. The second kappa shape index (κ2) is 9.77. The van der Waals surface area contributed by atoms with Crippen LogP contribution >= 0.6 is 0 Å². The normalized spacial score (nSPS) is 18.4. The molecule has 4 aromatic rings. The number of nitrogens with one attached hydrogen (secondary N) is 1. The van der Waals surface area contributed by atoms with E-state index in [1.54, 1.807) is 36.4 Å². The molecule has 0 radical (unpaired) electrons. The van der Waals surface area contributed by atoms with Crippen LogP contribution in [0.2, 0.25) is 0 Å². The molecule has 0 amide bonds. The molecular formula is C32H30N4O6. The minimum atomic E-state index is -0.993. The second-order valence-electron chi connectivity index (χ2n) is 11.5. The van der Waals surface area contributed by atoms with E-state index in [2.05, 4.69) is 20.3 Å². The Balaban J connectivity index is 1.22. The van der Waals surface area contributed by atoms with Crippen LogP contribution in [-0.4, -0.2) is 65.9 Å². The van der Waals surface area contributed by atoms with E-state index in [0.29, 0.717) is 62.3 Å². The van der Waals surface area contributed by atoms with Crippen molar-refractivity contribution in [2.45, 2.75) is 38.1 Å². The van der Waals surface area contributed by atoms with Gasteiger partial charge in [0.1, 0.15) is 5.52 Å². The quantitative estimate of drug-likeness (QED) is 0.276. The number of aromatic carboxylic acids is 1. The van der Waals surface area contributed by atoms with Crippen molar-refractivity contribution in [3.05, 3.63) is 59.2 Å². The maximum absolute atomic E-state index is 14.1. The summed E-state index contributed by atoms with van der Waals surface area (Å²) in [7, 11) is 0. The Morgan fingerprint density at radius 1 is 0.929 bits per heavy atom. The van der Waals surface area contributed by atoms with Crippen molar-refractivity contribution in [1.82, 2.24) is 10.1 Å². The van der Waals surface area contributed by atoms with Gasteiger partial charge in [-0.05, 0) is 55.3 Å².